The van der Waals surface area contributed by atoms with Crippen LogP contribution >= 0.6 is 0 Å². The summed E-state index contributed by atoms with van der Waals surface area (Å²) in [5, 5.41) is 5.29. The van der Waals surface area contributed by atoms with E-state index in [1.54, 1.807) is 0 Å². The first-order valence-electron chi connectivity index (χ1n) is 5.94. The Morgan fingerprint density at radius 1 is 1.24 bits per heavy atom. The second kappa shape index (κ2) is 9.69. The van der Waals surface area contributed by atoms with Crippen LogP contribution < -0.4 is 10.6 Å². The van der Waals surface area contributed by atoms with E-state index in [4.69, 9.17) is 4.74 Å². The Morgan fingerprint density at radius 2 is 1.82 bits per heavy atom. The Balaban J connectivity index is 3.60. The lowest BCUT2D eigenvalue weighted by molar-refractivity contribution is -0.125. The predicted molar refractivity (Wildman–Crippen MR) is 66.6 cm³/mol. The molecule has 0 spiro atoms. The number of amides is 2. The zero-order valence-electron chi connectivity index (χ0n) is 10.6. The summed E-state index contributed by atoms with van der Waals surface area (Å²) in [5.41, 5.74) is 0. The standard InChI is InChI=1S/C12H22N2O3/c1-4-9-17-12(16)14-8-7-13-11(15)10(5-2)6-3/h4,10H,1,5-9H2,2-3H3,(H,13,15)(H,14,16). The summed E-state index contributed by atoms with van der Waals surface area (Å²) in [4.78, 5) is 22.6. The van der Waals surface area contributed by atoms with Crippen LogP contribution in [-0.4, -0.2) is 31.7 Å². The minimum atomic E-state index is -0.498. The Kier molecular flexibility index (Phi) is 8.82. The maximum Gasteiger partial charge on any atom is 0.407 e. The third-order valence-corrected chi connectivity index (χ3v) is 2.38. The smallest absolute Gasteiger partial charge is 0.407 e. The van der Waals surface area contributed by atoms with Gasteiger partial charge >= 0.3 is 6.09 Å². The second-order valence-electron chi connectivity index (χ2n) is 3.62. The highest BCUT2D eigenvalue weighted by Gasteiger charge is 2.12. The van der Waals surface area contributed by atoms with Gasteiger partial charge in [-0.05, 0) is 12.8 Å². The molecule has 0 saturated carbocycles. The van der Waals surface area contributed by atoms with Crippen molar-refractivity contribution in [3.63, 3.8) is 0 Å². The van der Waals surface area contributed by atoms with Gasteiger partial charge in [-0.2, -0.15) is 0 Å². The Hall–Kier alpha value is -1.52. The van der Waals surface area contributed by atoms with Crippen molar-refractivity contribution in [1.29, 1.82) is 0 Å². The number of alkyl carbamates (subject to hydrolysis) is 1. The highest BCUT2D eigenvalue weighted by Crippen LogP contribution is 2.06. The van der Waals surface area contributed by atoms with Gasteiger partial charge < -0.3 is 15.4 Å². The molecule has 0 heterocycles. The van der Waals surface area contributed by atoms with Crippen LogP contribution in [0, 0.1) is 5.92 Å². The zero-order valence-corrected chi connectivity index (χ0v) is 10.6. The molecule has 0 aliphatic rings. The molecule has 0 aromatic heterocycles. The number of hydrogen-bond donors (Lipinski definition) is 2. The van der Waals surface area contributed by atoms with Crippen LogP contribution in [0.4, 0.5) is 4.79 Å². The summed E-state index contributed by atoms with van der Waals surface area (Å²) < 4.78 is 4.71. The van der Waals surface area contributed by atoms with Gasteiger partial charge in [-0.1, -0.05) is 26.5 Å². The first-order chi connectivity index (χ1) is 8.15. The quantitative estimate of drug-likeness (QED) is 0.500. The minimum absolute atomic E-state index is 0.0382. The molecule has 5 heteroatoms. The number of carbonyl (C=O) groups excluding carboxylic acids is 2. The normalized spacial score (nSPS) is 9.82. The van der Waals surface area contributed by atoms with Crippen molar-refractivity contribution in [2.24, 2.45) is 5.92 Å². The summed E-state index contributed by atoms with van der Waals surface area (Å²) in [6, 6.07) is 0. The molecule has 0 unspecified atom stereocenters. The molecule has 0 fully saturated rings. The van der Waals surface area contributed by atoms with Crippen LogP contribution in [0.15, 0.2) is 12.7 Å². The highest BCUT2D eigenvalue weighted by molar-refractivity contribution is 5.78. The van der Waals surface area contributed by atoms with Crippen molar-refractivity contribution < 1.29 is 14.3 Å². The molecular formula is C12H22N2O3. The van der Waals surface area contributed by atoms with Gasteiger partial charge in [-0.15, -0.1) is 0 Å². The van der Waals surface area contributed by atoms with Crippen LogP contribution in [-0.2, 0) is 9.53 Å². The molecule has 5 nitrogen and oxygen atoms in total. The van der Waals surface area contributed by atoms with Gasteiger partial charge in [0.2, 0.25) is 5.91 Å². The fraction of sp³-hybridized carbons (Fsp3) is 0.667. The van der Waals surface area contributed by atoms with Crippen LogP contribution in [0.1, 0.15) is 26.7 Å². The van der Waals surface area contributed by atoms with E-state index in [0.717, 1.165) is 12.8 Å². The second-order valence-corrected chi connectivity index (χ2v) is 3.62. The lowest BCUT2D eigenvalue weighted by Crippen LogP contribution is -2.37. The number of rotatable bonds is 8. The van der Waals surface area contributed by atoms with Crippen molar-refractivity contribution in [3.8, 4) is 0 Å². The summed E-state index contributed by atoms with van der Waals surface area (Å²) in [6.07, 6.45) is 2.66. The van der Waals surface area contributed by atoms with Crippen molar-refractivity contribution in [2.75, 3.05) is 19.7 Å². The van der Waals surface area contributed by atoms with E-state index in [1.807, 2.05) is 13.8 Å². The average Bonchev–Trinajstić information content (AvgIpc) is 2.33. The van der Waals surface area contributed by atoms with E-state index in [9.17, 15) is 9.59 Å². The molecule has 0 aromatic rings. The van der Waals surface area contributed by atoms with Gasteiger partial charge in [-0.25, -0.2) is 4.79 Å². The molecule has 17 heavy (non-hydrogen) atoms. The Bertz CT molecular complexity index is 250. The molecule has 2 N–H and O–H groups in total. The third-order valence-electron chi connectivity index (χ3n) is 2.38. The van der Waals surface area contributed by atoms with E-state index in [-0.39, 0.29) is 18.4 Å². The van der Waals surface area contributed by atoms with Gasteiger partial charge in [0.15, 0.2) is 0 Å². The first kappa shape index (κ1) is 15.5. The van der Waals surface area contributed by atoms with Gasteiger partial charge in [-0.3, -0.25) is 4.79 Å². The SMILES string of the molecule is C=CCOC(=O)NCCNC(=O)C(CC)CC. The van der Waals surface area contributed by atoms with Gasteiger partial charge in [0.05, 0.1) is 0 Å². The topological polar surface area (TPSA) is 67.4 Å². The molecule has 98 valence electrons. The summed E-state index contributed by atoms with van der Waals surface area (Å²) >= 11 is 0. The Labute approximate surface area is 103 Å². The van der Waals surface area contributed by atoms with Gasteiger partial charge in [0.1, 0.15) is 6.61 Å². The van der Waals surface area contributed by atoms with E-state index >= 15 is 0 Å². The van der Waals surface area contributed by atoms with E-state index in [1.165, 1.54) is 6.08 Å². The summed E-state index contributed by atoms with van der Waals surface area (Å²) in [7, 11) is 0. The minimum Gasteiger partial charge on any atom is -0.445 e. The van der Waals surface area contributed by atoms with Crippen LogP contribution in [0.3, 0.4) is 0 Å². The molecule has 0 bridgehead atoms. The van der Waals surface area contributed by atoms with Crippen LogP contribution in [0.2, 0.25) is 0 Å². The molecule has 0 radical (unpaired) electrons. The highest BCUT2D eigenvalue weighted by atomic mass is 16.5. The number of carbonyl (C=O) groups is 2. The maximum atomic E-state index is 11.6. The Morgan fingerprint density at radius 3 is 2.35 bits per heavy atom. The monoisotopic (exact) mass is 242 g/mol. The molecule has 0 aliphatic heterocycles. The van der Waals surface area contributed by atoms with Crippen molar-refractivity contribution in [1.82, 2.24) is 10.6 Å². The number of hydrogen-bond acceptors (Lipinski definition) is 3. The van der Waals surface area contributed by atoms with Gasteiger partial charge in [0, 0.05) is 19.0 Å². The zero-order chi connectivity index (χ0) is 13.1. The maximum absolute atomic E-state index is 11.6. The molecule has 2 amide bonds. The molecular weight excluding hydrogens is 220 g/mol. The average molecular weight is 242 g/mol. The number of ether oxygens (including phenoxy) is 1. The van der Waals surface area contributed by atoms with Crippen molar-refractivity contribution in [2.45, 2.75) is 26.7 Å². The molecule has 0 atom stereocenters. The van der Waals surface area contributed by atoms with E-state index < -0.39 is 6.09 Å². The van der Waals surface area contributed by atoms with Crippen LogP contribution in [0.5, 0.6) is 0 Å². The summed E-state index contributed by atoms with van der Waals surface area (Å²) in [6.45, 7) is 8.36. The van der Waals surface area contributed by atoms with E-state index in [2.05, 4.69) is 17.2 Å². The van der Waals surface area contributed by atoms with Crippen molar-refractivity contribution >= 4 is 12.0 Å². The molecule has 0 aromatic carbocycles. The van der Waals surface area contributed by atoms with Crippen LogP contribution in [0.25, 0.3) is 0 Å². The predicted octanol–water partition coefficient (Wildman–Crippen LogP) is 1.45. The largest absolute Gasteiger partial charge is 0.445 e. The third kappa shape index (κ3) is 7.38. The molecule has 0 rings (SSSR count). The van der Waals surface area contributed by atoms with Crippen molar-refractivity contribution in [3.05, 3.63) is 12.7 Å². The first-order valence-corrected chi connectivity index (χ1v) is 5.94. The fourth-order valence-electron chi connectivity index (χ4n) is 1.34. The lowest BCUT2D eigenvalue weighted by atomic mass is 10.0. The summed E-state index contributed by atoms with van der Waals surface area (Å²) in [5.74, 6) is 0.0963. The fourth-order valence-corrected chi connectivity index (χ4v) is 1.34. The molecule has 0 saturated heterocycles. The lowest BCUT2D eigenvalue weighted by Gasteiger charge is -2.12. The van der Waals surface area contributed by atoms with E-state index in [0.29, 0.717) is 13.1 Å². The van der Waals surface area contributed by atoms with Gasteiger partial charge in [0.25, 0.3) is 0 Å². The number of nitrogens with one attached hydrogen (secondary N) is 2. The molecule has 0 aliphatic carbocycles.